The minimum absolute atomic E-state index is 0.245. The highest BCUT2D eigenvalue weighted by Crippen LogP contribution is 2.34. The minimum Gasteiger partial charge on any atom is -0.487 e. The molecule has 0 saturated heterocycles. The van der Waals surface area contributed by atoms with Crippen molar-refractivity contribution in [2.75, 3.05) is 6.61 Å². The first kappa shape index (κ1) is 30.7. The molecule has 0 spiro atoms. The molecule has 0 fully saturated rings. The van der Waals surface area contributed by atoms with E-state index < -0.39 is 24.0 Å². The van der Waals surface area contributed by atoms with Crippen molar-refractivity contribution in [1.82, 2.24) is 10.7 Å². The third-order valence-corrected chi connectivity index (χ3v) is 6.95. The number of nitrogens with one attached hydrogen (secondary N) is 2. The summed E-state index contributed by atoms with van der Waals surface area (Å²) in [6.45, 7) is 5.56. The van der Waals surface area contributed by atoms with Crippen molar-refractivity contribution < 1.29 is 19.1 Å². The van der Waals surface area contributed by atoms with E-state index in [4.69, 9.17) is 32.7 Å². The van der Waals surface area contributed by atoms with Gasteiger partial charge in [-0.15, -0.1) is 0 Å². The molecule has 3 rings (SSSR count). The van der Waals surface area contributed by atoms with E-state index >= 15 is 0 Å². The van der Waals surface area contributed by atoms with Crippen LogP contribution in [0.3, 0.4) is 0 Å². The molecule has 3 aromatic carbocycles. The molecule has 0 aromatic heterocycles. The highest BCUT2D eigenvalue weighted by atomic mass is 79.9. The van der Waals surface area contributed by atoms with Crippen molar-refractivity contribution in [3.05, 3.63) is 103 Å². The molecular formula is C28H25Br2Cl2N3O4. The summed E-state index contributed by atoms with van der Waals surface area (Å²) >= 11 is 19.0. The van der Waals surface area contributed by atoms with Gasteiger partial charge in [-0.2, -0.15) is 5.10 Å². The molecule has 3 aromatic rings. The zero-order valence-electron chi connectivity index (χ0n) is 20.8. The van der Waals surface area contributed by atoms with Crippen LogP contribution in [0.5, 0.6) is 11.5 Å². The number of hydrazone groups is 1. The maximum absolute atomic E-state index is 13.1. The number of ether oxygens (including phenoxy) is 2. The number of carbonyl (C=O) groups is 2. The molecule has 0 radical (unpaired) electrons. The Hall–Kier alpha value is -2.85. The van der Waals surface area contributed by atoms with Crippen LogP contribution in [0.25, 0.3) is 0 Å². The number of carbonyl (C=O) groups excluding carboxylic acids is 2. The summed E-state index contributed by atoms with van der Waals surface area (Å²) in [5.74, 6) is -0.0677. The van der Waals surface area contributed by atoms with E-state index in [0.29, 0.717) is 37.6 Å². The summed E-state index contributed by atoms with van der Waals surface area (Å²) in [7, 11) is 0. The van der Waals surface area contributed by atoms with Crippen LogP contribution < -0.4 is 20.2 Å². The molecule has 11 heteroatoms. The van der Waals surface area contributed by atoms with Gasteiger partial charge in [0.1, 0.15) is 24.1 Å². The molecule has 0 saturated carbocycles. The van der Waals surface area contributed by atoms with Gasteiger partial charge < -0.3 is 14.8 Å². The zero-order chi connectivity index (χ0) is 28.4. The third-order valence-electron chi connectivity index (χ3n) is 5.24. The fourth-order valence-corrected chi connectivity index (χ4v) is 5.25. The van der Waals surface area contributed by atoms with Gasteiger partial charge in [-0.05, 0) is 80.2 Å². The van der Waals surface area contributed by atoms with E-state index in [0.717, 1.165) is 5.56 Å². The predicted octanol–water partition coefficient (Wildman–Crippen LogP) is 6.73. The first-order chi connectivity index (χ1) is 18.7. The van der Waals surface area contributed by atoms with Crippen molar-refractivity contribution in [2.45, 2.75) is 25.5 Å². The van der Waals surface area contributed by atoms with Crippen LogP contribution in [0.1, 0.15) is 18.1 Å². The summed E-state index contributed by atoms with van der Waals surface area (Å²) < 4.78 is 12.7. The number of nitrogens with zero attached hydrogens (tertiary/aromatic N) is 1. The third kappa shape index (κ3) is 9.39. The van der Waals surface area contributed by atoms with E-state index in [9.17, 15) is 9.59 Å². The Morgan fingerprint density at radius 3 is 2.38 bits per heavy atom. The molecule has 7 nitrogen and oxygen atoms in total. The largest absolute Gasteiger partial charge is 0.487 e. The van der Waals surface area contributed by atoms with Gasteiger partial charge in [-0.25, -0.2) is 5.43 Å². The highest BCUT2D eigenvalue weighted by molar-refractivity contribution is 9.11. The van der Waals surface area contributed by atoms with Gasteiger partial charge in [-0.3, -0.25) is 9.59 Å². The van der Waals surface area contributed by atoms with Gasteiger partial charge in [0.25, 0.3) is 11.8 Å². The molecule has 0 unspecified atom stereocenters. The number of rotatable bonds is 12. The van der Waals surface area contributed by atoms with Gasteiger partial charge in [0.05, 0.1) is 20.2 Å². The van der Waals surface area contributed by atoms with Crippen LogP contribution in [0.15, 0.2) is 87.4 Å². The molecule has 204 valence electrons. The predicted molar refractivity (Wildman–Crippen MR) is 162 cm³/mol. The van der Waals surface area contributed by atoms with Crippen LogP contribution in [0, 0.1) is 0 Å². The Balaban J connectivity index is 1.70. The first-order valence-electron chi connectivity index (χ1n) is 11.7. The van der Waals surface area contributed by atoms with E-state index in [1.54, 1.807) is 37.3 Å². The average molecular weight is 698 g/mol. The van der Waals surface area contributed by atoms with Crippen molar-refractivity contribution in [1.29, 1.82) is 0 Å². The van der Waals surface area contributed by atoms with E-state index in [1.165, 1.54) is 12.3 Å². The minimum atomic E-state index is -0.935. The number of amides is 2. The van der Waals surface area contributed by atoms with Crippen LogP contribution in [0.4, 0.5) is 0 Å². The van der Waals surface area contributed by atoms with Crippen LogP contribution >= 0.6 is 55.1 Å². The van der Waals surface area contributed by atoms with Crippen LogP contribution in [0.2, 0.25) is 10.0 Å². The zero-order valence-corrected chi connectivity index (χ0v) is 25.5. The SMILES string of the molecule is C=CCOc1c(Br)cc(/C=N\NC(=O)[C@@H](Cc2ccccc2)NC(=O)[C@@H](C)Oc2ccc(Cl)cc2Cl)cc1Br. The maximum Gasteiger partial charge on any atom is 0.262 e. The number of halogens is 4. The van der Waals surface area contributed by atoms with E-state index in [2.05, 4.69) is 54.3 Å². The maximum atomic E-state index is 13.1. The lowest BCUT2D eigenvalue weighted by atomic mass is 10.1. The molecule has 0 aliphatic heterocycles. The first-order valence-corrected chi connectivity index (χ1v) is 14.0. The molecular weight excluding hydrogens is 673 g/mol. The quantitative estimate of drug-likeness (QED) is 0.125. The van der Waals surface area contributed by atoms with Gasteiger partial charge in [0, 0.05) is 11.4 Å². The monoisotopic (exact) mass is 695 g/mol. The molecule has 0 aliphatic carbocycles. The topological polar surface area (TPSA) is 89.0 Å². The second kappa shape index (κ2) is 15.1. The fraction of sp³-hybridized carbons (Fsp3) is 0.179. The summed E-state index contributed by atoms with van der Waals surface area (Å²) in [5.41, 5.74) is 4.07. The van der Waals surface area contributed by atoms with Gasteiger partial charge in [-0.1, -0.05) is 66.2 Å². The molecule has 0 aliphatic rings. The van der Waals surface area contributed by atoms with Crippen molar-refractivity contribution >= 4 is 73.1 Å². The summed E-state index contributed by atoms with van der Waals surface area (Å²) in [4.78, 5) is 26.0. The van der Waals surface area contributed by atoms with Gasteiger partial charge >= 0.3 is 0 Å². The van der Waals surface area contributed by atoms with Gasteiger partial charge in [0.15, 0.2) is 6.10 Å². The number of hydrogen-bond donors (Lipinski definition) is 2. The molecule has 2 atom stereocenters. The van der Waals surface area contributed by atoms with Crippen molar-refractivity contribution in [2.24, 2.45) is 5.10 Å². The lowest BCUT2D eigenvalue weighted by molar-refractivity contribution is -0.132. The highest BCUT2D eigenvalue weighted by Gasteiger charge is 2.25. The summed E-state index contributed by atoms with van der Waals surface area (Å²) in [6.07, 6.45) is 2.44. The smallest absolute Gasteiger partial charge is 0.262 e. The Morgan fingerprint density at radius 1 is 1.05 bits per heavy atom. The lowest BCUT2D eigenvalue weighted by Gasteiger charge is -2.21. The molecule has 39 heavy (non-hydrogen) atoms. The molecule has 2 amide bonds. The van der Waals surface area contributed by atoms with Crippen LogP contribution in [-0.2, 0) is 16.0 Å². The average Bonchev–Trinajstić information content (AvgIpc) is 2.90. The number of benzene rings is 3. The number of hydrogen-bond acceptors (Lipinski definition) is 5. The summed E-state index contributed by atoms with van der Waals surface area (Å²) in [5, 5.41) is 7.55. The summed E-state index contributed by atoms with van der Waals surface area (Å²) in [6, 6.07) is 16.7. The molecule has 0 bridgehead atoms. The fourth-order valence-electron chi connectivity index (χ4n) is 3.35. The Morgan fingerprint density at radius 2 is 1.74 bits per heavy atom. The molecule has 0 heterocycles. The second-order valence-electron chi connectivity index (χ2n) is 8.23. The van der Waals surface area contributed by atoms with Crippen molar-refractivity contribution in [3.63, 3.8) is 0 Å². The normalized spacial score (nSPS) is 12.4. The standard InChI is InChI=1S/C28H25Br2Cl2N3O4/c1-3-11-38-26-21(29)12-19(13-22(26)30)16-33-35-28(37)24(14-18-7-5-4-6-8-18)34-27(36)17(2)39-25-10-9-20(31)15-23(25)32/h3-10,12-13,15-17,24H,1,11,14H2,2H3,(H,34,36)(H,35,37)/b33-16-/t17-,24-/m1/s1. The van der Waals surface area contributed by atoms with Crippen LogP contribution in [-0.4, -0.2) is 36.8 Å². The van der Waals surface area contributed by atoms with Crippen molar-refractivity contribution in [3.8, 4) is 11.5 Å². The lowest BCUT2D eigenvalue weighted by Crippen LogP contribution is -2.50. The van der Waals surface area contributed by atoms with Gasteiger partial charge in [0.2, 0.25) is 0 Å². The molecule has 2 N–H and O–H groups in total. The van der Waals surface area contributed by atoms with E-state index in [1.807, 2.05) is 30.3 Å². The van der Waals surface area contributed by atoms with E-state index in [-0.39, 0.29) is 11.4 Å². The Bertz CT molecular complexity index is 1330. The second-order valence-corrected chi connectivity index (χ2v) is 10.8. The Kier molecular flexibility index (Phi) is 11.9. The Labute approximate surface area is 253 Å².